The summed E-state index contributed by atoms with van der Waals surface area (Å²) in [6, 6.07) is 12.8. The molecule has 0 spiro atoms. The summed E-state index contributed by atoms with van der Waals surface area (Å²) < 4.78 is 11.5. The number of ether oxygens (including phenoxy) is 2. The molecule has 17 nitrogen and oxygen atoms in total. The maximum Gasteiger partial charge on any atom is 0.355 e. The van der Waals surface area contributed by atoms with Crippen LogP contribution in [0.5, 0.6) is 17.2 Å². The number of hydrogen-bond donors (Lipinski definition) is 6. The van der Waals surface area contributed by atoms with E-state index in [0.717, 1.165) is 27.5 Å². The number of phenolic OH excluding ortho intramolecular Hbond substituents is 3. The second-order valence-electron chi connectivity index (χ2n) is 16.4. The van der Waals surface area contributed by atoms with Crippen LogP contribution < -0.4 is 20.9 Å². The maximum absolute atomic E-state index is 13.6. The summed E-state index contributed by atoms with van der Waals surface area (Å²) in [5, 5.41) is 43.4. The third-order valence-corrected chi connectivity index (χ3v) is 11.9. The van der Waals surface area contributed by atoms with E-state index in [2.05, 4.69) is 5.32 Å². The van der Waals surface area contributed by atoms with Crippen molar-refractivity contribution in [3.8, 4) is 17.2 Å². The summed E-state index contributed by atoms with van der Waals surface area (Å²) in [6.07, 6.45) is 4.63. The summed E-state index contributed by atoms with van der Waals surface area (Å²) in [7, 11) is 1.66. The largest absolute Gasteiger partial charge is 0.508 e. The number of amidine groups is 1. The lowest BCUT2D eigenvalue weighted by molar-refractivity contribution is -0.179. The van der Waals surface area contributed by atoms with Crippen LogP contribution in [0.2, 0.25) is 0 Å². The predicted molar refractivity (Wildman–Crippen MR) is 249 cm³/mol. The number of carbonyl (C=O) groups excluding carboxylic acids is 5. The van der Waals surface area contributed by atoms with Crippen LogP contribution in [0.15, 0.2) is 83.6 Å². The molecule has 66 heavy (non-hydrogen) atoms. The van der Waals surface area contributed by atoms with Crippen molar-refractivity contribution in [2.24, 2.45) is 5.73 Å². The third-order valence-electron chi connectivity index (χ3n) is 11.9. The van der Waals surface area contributed by atoms with Gasteiger partial charge in [-0.2, -0.15) is 0 Å². The summed E-state index contributed by atoms with van der Waals surface area (Å²) in [5.74, 6) is -2.89. The van der Waals surface area contributed by atoms with Crippen LogP contribution in [0, 0.1) is 5.41 Å². The van der Waals surface area contributed by atoms with Gasteiger partial charge in [0.15, 0.2) is 0 Å². The highest BCUT2D eigenvalue weighted by atomic mass is 16.6. The molecule has 17 heteroatoms. The molecule has 0 bridgehead atoms. The second-order valence-corrected chi connectivity index (χ2v) is 16.4. The number of fused-ring (bicyclic) bond motifs is 2. The number of benzene rings is 3. The lowest BCUT2D eigenvalue weighted by atomic mass is 9.84. The molecule has 346 valence electrons. The maximum atomic E-state index is 13.6. The van der Waals surface area contributed by atoms with Gasteiger partial charge in [0.05, 0.1) is 34.7 Å². The number of phenols is 3. The van der Waals surface area contributed by atoms with Crippen molar-refractivity contribution in [1.82, 2.24) is 15.2 Å². The number of aromatic hydroxyl groups is 3. The van der Waals surface area contributed by atoms with E-state index in [1.165, 1.54) is 23.1 Å². The fourth-order valence-electron chi connectivity index (χ4n) is 8.43. The third kappa shape index (κ3) is 9.14. The quantitative estimate of drug-likeness (QED) is 0.0181. The number of nitrogens with two attached hydrogens (primary N) is 1. The van der Waals surface area contributed by atoms with Gasteiger partial charge in [0.2, 0.25) is 12.0 Å². The molecule has 1 aromatic heterocycles. The van der Waals surface area contributed by atoms with Crippen molar-refractivity contribution in [2.45, 2.75) is 85.3 Å². The molecule has 3 heterocycles. The Labute approximate surface area is 382 Å². The van der Waals surface area contributed by atoms with Gasteiger partial charge in [0.25, 0.3) is 5.91 Å². The van der Waals surface area contributed by atoms with Crippen molar-refractivity contribution >= 4 is 64.1 Å². The molecule has 3 aromatic carbocycles. The number of carbonyl (C=O) groups is 5. The average molecular weight is 902 g/mol. The number of rotatable bonds is 15. The number of anilines is 2. The van der Waals surface area contributed by atoms with Gasteiger partial charge in [-0.3, -0.25) is 19.8 Å². The Balaban J connectivity index is 1.12. The highest BCUT2D eigenvalue weighted by Crippen LogP contribution is 2.42. The number of pyridine rings is 1. The Bertz CT molecular complexity index is 2720. The van der Waals surface area contributed by atoms with E-state index < -0.39 is 41.1 Å². The molecule has 2 aliphatic heterocycles. The van der Waals surface area contributed by atoms with E-state index in [1.54, 1.807) is 75.2 Å². The van der Waals surface area contributed by atoms with Gasteiger partial charge in [-0.1, -0.05) is 33.8 Å². The number of aryl methyl sites for hydroxylation is 1. The summed E-state index contributed by atoms with van der Waals surface area (Å²) in [6.45, 7) is 11.1. The number of likely N-dealkylation sites (N-methyl/N-ethyl adjacent to an activating group) is 1. The molecule has 0 saturated carbocycles. The van der Waals surface area contributed by atoms with E-state index in [4.69, 9.17) is 25.6 Å². The molecule has 6 rings (SSSR count). The number of urea groups is 1. The van der Waals surface area contributed by atoms with Crippen LogP contribution in [-0.2, 0) is 41.6 Å². The minimum absolute atomic E-state index is 0.00692. The number of primary amides is 1. The number of cyclic esters (lactones) is 1. The number of esters is 2. The number of amides is 4. The van der Waals surface area contributed by atoms with Crippen molar-refractivity contribution in [3.05, 3.63) is 112 Å². The van der Waals surface area contributed by atoms with Gasteiger partial charge in [0.1, 0.15) is 35.4 Å². The Morgan fingerprint density at radius 1 is 1.06 bits per heavy atom. The van der Waals surface area contributed by atoms with Gasteiger partial charge in [-0.05, 0) is 110 Å². The van der Waals surface area contributed by atoms with E-state index in [1.807, 2.05) is 20.8 Å². The Morgan fingerprint density at radius 2 is 1.76 bits per heavy atom. The molecule has 0 saturated heterocycles. The zero-order valence-corrected chi connectivity index (χ0v) is 38.0. The van der Waals surface area contributed by atoms with E-state index >= 15 is 0 Å². The molecule has 2 aliphatic rings. The van der Waals surface area contributed by atoms with Gasteiger partial charge in [0, 0.05) is 48.3 Å². The standard InChI is InChI=1S/C49H55N7O10/c1-8-32-34-20-31(58)17-18-38(34)53-44-36(32)24-55(26-57)40(44)22-37-28(6)25-65-47(63)49(37,10-3)66-43(61)12-11-19-52-46(62)39(9-2)54(7)29-13-15-30(16-14-29)56(48(51)64)45(50)35-21-33(27(4)5)41(59)23-42(35)60/h9,13-18,20-23,26-27,50,58-60H,8,10-12,19,24-25H2,1-7H3,(H2,51,64)(H,52,62)/b39-9-,40-22-,50-45?. The predicted octanol–water partition coefficient (Wildman–Crippen LogP) is 6.76. The Kier molecular flexibility index (Phi) is 14.2. The fourth-order valence-corrected chi connectivity index (χ4v) is 8.43. The van der Waals surface area contributed by atoms with Crippen molar-refractivity contribution in [1.29, 1.82) is 5.41 Å². The first-order chi connectivity index (χ1) is 31.4. The zero-order valence-electron chi connectivity index (χ0n) is 38.0. The topological polar surface area (TPSA) is 249 Å². The monoisotopic (exact) mass is 901 g/mol. The molecule has 7 N–H and O–H groups in total. The minimum atomic E-state index is -1.82. The Morgan fingerprint density at radius 3 is 2.38 bits per heavy atom. The van der Waals surface area contributed by atoms with Crippen LogP contribution in [0.25, 0.3) is 16.6 Å². The molecular weight excluding hydrogens is 847 g/mol. The summed E-state index contributed by atoms with van der Waals surface area (Å²) >= 11 is 0. The van der Waals surface area contributed by atoms with E-state index in [9.17, 15) is 39.3 Å². The number of nitrogens with zero attached hydrogens (tertiary/aromatic N) is 4. The molecule has 0 radical (unpaired) electrons. The smallest absolute Gasteiger partial charge is 0.355 e. The van der Waals surface area contributed by atoms with Crippen LogP contribution >= 0.6 is 0 Å². The first-order valence-corrected chi connectivity index (χ1v) is 21.6. The normalized spacial score (nSPS) is 16.6. The average Bonchev–Trinajstić information content (AvgIpc) is 3.63. The van der Waals surface area contributed by atoms with Crippen molar-refractivity contribution in [3.63, 3.8) is 0 Å². The highest BCUT2D eigenvalue weighted by molar-refractivity contribution is 6.22. The molecule has 0 aliphatic carbocycles. The molecule has 4 aromatic rings. The first kappa shape index (κ1) is 47.8. The number of hydrogen-bond acceptors (Lipinski definition) is 13. The van der Waals surface area contributed by atoms with Gasteiger partial charge >= 0.3 is 18.0 Å². The molecule has 0 fully saturated rings. The SMILES string of the molecule is C/C=C(/C(=O)NCCCC(=O)OC1(CC)C(=O)OCC(C)=C1/C=C1/c2nc3ccc(O)cc3c(CC)c2CN1C=O)N(C)c1ccc(N(C(=N)c2cc(C(C)C)c(O)cc2O)C(N)=O)cc1. The fraction of sp³-hybridized carbons (Fsp3) is 0.327. The van der Waals surface area contributed by atoms with Gasteiger partial charge in [-0.25, -0.2) is 19.5 Å². The number of aromatic nitrogens is 1. The van der Waals surface area contributed by atoms with Crippen LogP contribution in [0.3, 0.4) is 0 Å². The lowest BCUT2D eigenvalue weighted by Crippen LogP contribution is -2.49. The molecule has 1 unspecified atom stereocenters. The van der Waals surface area contributed by atoms with Crippen LogP contribution in [0.1, 0.15) is 94.7 Å². The van der Waals surface area contributed by atoms with Gasteiger partial charge < -0.3 is 45.6 Å². The van der Waals surface area contributed by atoms with E-state index in [-0.39, 0.29) is 73.3 Å². The van der Waals surface area contributed by atoms with Crippen LogP contribution in [-0.4, -0.2) is 87.1 Å². The number of allylic oxidation sites excluding steroid dienone is 1. The minimum Gasteiger partial charge on any atom is -0.508 e. The lowest BCUT2D eigenvalue weighted by Gasteiger charge is -2.36. The zero-order chi connectivity index (χ0) is 48.2. The summed E-state index contributed by atoms with van der Waals surface area (Å²) in [5.41, 5.74) is 9.73. The van der Waals surface area contributed by atoms with Gasteiger partial charge in [-0.15, -0.1) is 0 Å². The highest BCUT2D eigenvalue weighted by Gasteiger charge is 2.49. The molecule has 1 atom stereocenters. The second kappa shape index (κ2) is 19.6. The molecular formula is C49H55N7O10. The molecule has 4 amide bonds. The summed E-state index contributed by atoms with van der Waals surface area (Å²) in [4.78, 5) is 74.7. The van der Waals surface area contributed by atoms with Crippen molar-refractivity contribution in [2.75, 3.05) is 30.0 Å². The Hall–Kier alpha value is -7.69. The first-order valence-electron chi connectivity index (χ1n) is 21.6. The van der Waals surface area contributed by atoms with Crippen molar-refractivity contribution < 1.29 is 48.8 Å². The number of nitrogens with one attached hydrogen (secondary N) is 2. The van der Waals surface area contributed by atoms with Crippen LogP contribution in [0.4, 0.5) is 16.2 Å². The van der Waals surface area contributed by atoms with E-state index in [0.29, 0.717) is 52.1 Å².